The topological polar surface area (TPSA) is 83.6 Å². The fourth-order valence-corrected chi connectivity index (χ4v) is 6.72. The number of rotatable bonds is 5. The van der Waals surface area contributed by atoms with Crippen molar-refractivity contribution < 1.29 is 16.8 Å². The van der Waals surface area contributed by atoms with Crippen LogP contribution in [-0.4, -0.2) is 33.2 Å². The van der Waals surface area contributed by atoms with Crippen LogP contribution in [0.25, 0.3) is 0 Å². The van der Waals surface area contributed by atoms with Gasteiger partial charge in [0, 0.05) is 22.2 Å². The van der Waals surface area contributed by atoms with E-state index >= 15 is 0 Å². The lowest BCUT2D eigenvalue weighted by Crippen LogP contribution is -2.47. The molecule has 0 spiro atoms. The van der Waals surface area contributed by atoms with Crippen molar-refractivity contribution in [3.8, 4) is 0 Å². The summed E-state index contributed by atoms with van der Waals surface area (Å²) in [5.41, 5.74) is 0.307. The second-order valence-corrected chi connectivity index (χ2v) is 11.5. The zero-order valence-electron chi connectivity index (χ0n) is 15.7. The minimum absolute atomic E-state index is 0.0515. The zero-order chi connectivity index (χ0) is 20.5. The maximum Gasteiger partial charge on any atom is 0.261 e. The Hall–Kier alpha value is -1.42. The van der Waals surface area contributed by atoms with Crippen LogP contribution in [-0.2, 0) is 20.0 Å². The van der Waals surface area contributed by atoms with Crippen LogP contribution in [0.5, 0.6) is 0 Å². The molecular weight excluding hydrogens is 464 g/mol. The highest BCUT2D eigenvalue weighted by molar-refractivity contribution is 9.10. The first-order chi connectivity index (χ1) is 13.1. The largest absolute Gasteiger partial charge is 0.280 e. The van der Waals surface area contributed by atoms with Crippen LogP contribution in [0.4, 0.5) is 5.69 Å². The lowest BCUT2D eigenvalue weighted by molar-refractivity contribution is 0.204. The second-order valence-electron chi connectivity index (χ2n) is 7.05. The van der Waals surface area contributed by atoms with E-state index in [1.807, 2.05) is 13.8 Å². The average molecular weight is 487 g/mol. The summed E-state index contributed by atoms with van der Waals surface area (Å²) < 4.78 is 55.9. The molecule has 0 bridgehead atoms. The van der Waals surface area contributed by atoms with Crippen LogP contribution in [0, 0.1) is 0 Å². The van der Waals surface area contributed by atoms with Gasteiger partial charge in [0.05, 0.1) is 9.79 Å². The molecular formula is C19H23BrN2O4S2. The Morgan fingerprint density at radius 3 is 1.89 bits per heavy atom. The summed E-state index contributed by atoms with van der Waals surface area (Å²) in [5, 5.41) is 0. The predicted octanol–water partition coefficient (Wildman–Crippen LogP) is 4.20. The molecule has 9 heteroatoms. The van der Waals surface area contributed by atoms with Gasteiger partial charge in [0.25, 0.3) is 10.0 Å². The molecule has 2 atom stereocenters. The normalized spacial score (nSPS) is 21.4. The first kappa shape index (κ1) is 21.3. The van der Waals surface area contributed by atoms with Crippen LogP contribution in [0.3, 0.4) is 0 Å². The van der Waals surface area contributed by atoms with Gasteiger partial charge in [0.1, 0.15) is 0 Å². The Bertz CT molecular complexity index is 1030. The van der Waals surface area contributed by atoms with Gasteiger partial charge in [-0.25, -0.2) is 16.8 Å². The third kappa shape index (κ3) is 4.42. The monoisotopic (exact) mass is 486 g/mol. The van der Waals surface area contributed by atoms with Gasteiger partial charge in [-0.3, -0.25) is 4.72 Å². The molecule has 0 saturated carbocycles. The molecule has 1 aliphatic rings. The number of halogens is 1. The number of piperidine rings is 1. The van der Waals surface area contributed by atoms with E-state index in [2.05, 4.69) is 20.7 Å². The van der Waals surface area contributed by atoms with E-state index in [4.69, 9.17) is 0 Å². The Balaban J connectivity index is 1.82. The van der Waals surface area contributed by atoms with Crippen LogP contribution in [0.1, 0.15) is 33.1 Å². The first-order valence-corrected chi connectivity index (χ1v) is 12.7. The fraction of sp³-hybridized carbons (Fsp3) is 0.368. The number of hydrogen-bond acceptors (Lipinski definition) is 4. The fourth-order valence-electron chi connectivity index (χ4n) is 3.52. The molecule has 28 heavy (non-hydrogen) atoms. The van der Waals surface area contributed by atoms with Crippen molar-refractivity contribution in [3.63, 3.8) is 0 Å². The van der Waals surface area contributed by atoms with Gasteiger partial charge in [-0.05, 0) is 75.2 Å². The highest BCUT2D eigenvalue weighted by Crippen LogP contribution is 2.30. The third-order valence-electron chi connectivity index (χ3n) is 4.92. The summed E-state index contributed by atoms with van der Waals surface area (Å²) in [4.78, 5) is 0.294. The van der Waals surface area contributed by atoms with Crippen molar-refractivity contribution in [2.75, 3.05) is 4.72 Å². The number of anilines is 1. The van der Waals surface area contributed by atoms with Gasteiger partial charge in [0.15, 0.2) is 0 Å². The minimum atomic E-state index is -3.75. The van der Waals surface area contributed by atoms with Crippen LogP contribution in [0.15, 0.2) is 62.8 Å². The lowest BCUT2D eigenvalue weighted by atomic mass is 10.0. The van der Waals surface area contributed by atoms with Gasteiger partial charge >= 0.3 is 0 Å². The van der Waals surface area contributed by atoms with E-state index in [0.29, 0.717) is 5.69 Å². The van der Waals surface area contributed by atoms with E-state index in [0.717, 1.165) is 23.7 Å². The molecule has 1 fully saturated rings. The highest BCUT2D eigenvalue weighted by Gasteiger charge is 2.35. The third-order valence-corrected chi connectivity index (χ3v) is 8.99. The molecule has 3 rings (SSSR count). The summed E-state index contributed by atoms with van der Waals surface area (Å²) in [6.45, 7) is 3.85. The molecule has 2 aromatic rings. The standard InChI is InChI=1S/C19H23BrN2O4S2/c1-14-4-3-5-15(2)22(14)28(25,26)19-12-8-17(9-13-19)21-27(23,24)18-10-6-16(20)7-11-18/h6-15,21H,3-5H2,1-2H3/t14-,15-/m0/s1. The van der Waals surface area contributed by atoms with Crippen molar-refractivity contribution in [3.05, 3.63) is 53.0 Å². The Morgan fingerprint density at radius 1 is 0.857 bits per heavy atom. The first-order valence-electron chi connectivity index (χ1n) is 9.03. The molecule has 0 aliphatic carbocycles. The molecule has 0 unspecified atom stereocenters. The van der Waals surface area contributed by atoms with Gasteiger partial charge < -0.3 is 0 Å². The highest BCUT2D eigenvalue weighted by atomic mass is 79.9. The molecule has 6 nitrogen and oxygen atoms in total. The number of nitrogens with zero attached hydrogens (tertiary/aromatic N) is 1. The smallest absolute Gasteiger partial charge is 0.261 e. The molecule has 1 saturated heterocycles. The van der Waals surface area contributed by atoms with Gasteiger partial charge in [-0.1, -0.05) is 22.4 Å². The van der Waals surface area contributed by atoms with E-state index < -0.39 is 20.0 Å². The number of sulfonamides is 2. The molecule has 0 aromatic heterocycles. The SMILES string of the molecule is C[C@H]1CCC[C@H](C)N1S(=O)(=O)c1ccc(NS(=O)(=O)c2ccc(Br)cc2)cc1. The predicted molar refractivity (Wildman–Crippen MR) is 113 cm³/mol. The number of nitrogens with one attached hydrogen (secondary N) is 1. The van der Waals surface area contributed by atoms with Crippen molar-refractivity contribution in [1.29, 1.82) is 0 Å². The number of hydrogen-bond donors (Lipinski definition) is 1. The summed E-state index contributed by atoms with van der Waals surface area (Å²) >= 11 is 3.27. The van der Waals surface area contributed by atoms with Crippen molar-refractivity contribution in [1.82, 2.24) is 4.31 Å². The quantitative estimate of drug-likeness (QED) is 0.685. The van der Waals surface area contributed by atoms with Crippen molar-refractivity contribution in [2.45, 2.75) is 55.0 Å². The van der Waals surface area contributed by atoms with Crippen LogP contribution >= 0.6 is 15.9 Å². The summed E-state index contributed by atoms with van der Waals surface area (Å²) in [6.07, 6.45) is 2.70. The van der Waals surface area contributed by atoms with E-state index in [9.17, 15) is 16.8 Å². The number of benzene rings is 2. The summed E-state index contributed by atoms with van der Waals surface area (Å²) in [5.74, 6) is 0. The van der Waals surface area contributed by atoms with Crippen LogP contribution in [0.2, 0.25) is 0 Å². The average Bonchev–Trinajstić information content (AvgIpc) is 2.62. The van der Waals surface area contributed by atoms with Gasteiger partial charge in [0.2, 0.25) is 10.0 Å². The molecule has 1 aliphatic heterocycles. The maximum atomic E-state index is 13.0. The van der Waals surface area contributed by atoms with Crippen molar-refractivity contribution in [2.24, 2.45) is 0 Å². The Morgan fingerprint density at radius 2 is 1.36 bits per heavy atom. The maximum absolute atomic E-state index is 13.0. The second kappa shape index (κ2) is 8.14. The van der Waals surface area contributed by atoms with E-state index in [-0.39, 0.29) is 21.9 Å². The molecule has 1 N–H and O–H groups in total. The molecule has 0 amide bonds. The molecule has 2 aromatic carbocycles. The lowest BCUT2D eigenvalue weighted by Gasteiger charge is -2.37. The zero-order valence-corrected chi connectivity index (χ0v) is 18.9. The molecule has 0 radical (unpaired) electrons. The van der Waals surface area contributed by atoms with E-state index in [1.54, 1.807) is 16.4 Å². The minimum Gasteiger partial charge on any atom is -0.280 e. The van der Waals surface area contributed by atoms with Crippen molar-refractivity contribution >= 4 is 41.7 Å². The van der Waals surface area contributed by atoms with Crippen LogP contribution < -0.4 is 4.72 Å². The summed E-state index contributed by atoms with van der Waals surface area (Å²) in [6, 6.07) is 12.0. The molecule has 1 heterocycles. The van der Waals surface area contributed by atoms with Gasteiger partial charge in [-0.2, -0.15) is 4.31 Å². The Kier molecular flexibility index (Phi) is 6.19. The summed E-state index contributed by atoms with van der Waals surface area (Å²) in [7, 11) is -7.37. The molecule has 152 valence electrons. The van der Waals surface area contributed by atoms with Gasteiger partial charge in [-0.15, -0.1) is 0 Å². The Labute approximate surface area is 175 Å². The van der Waals surface area contributed by atoms with E-state index in [1.165, 1.54) is 36.4 Å².